The number of para-hydroxylation sites is 1. The molecule has 0 aliphatic carbocycles. The van der Waals surface area contributed by atoms with E-state index < -0.39 is 0 Å². The van der Waals surface area contributed by atoms with Crippen LogP contribution in [0.1, 0.15) is 5.56 Å². The van der Waals surface area contributed by atoms with Crippen molar-refractivity contribution in [1.29, 1.82) is 0 Å². The van der Waals surface area contributed by atoms with Gasteiger partial charge in [-0.15, -0.1) is 0 Å². The van der Waals surface area contributed by atoms with E-state index in [9.17, 15) is 0 Å². The van der Waals surface area contributed by atoms with Gasteiger partial charge < -0.3 is 4.74 Å². The molecule has 3 aromatic rings. The summed E-state index contributed by atoms with van der Waals surface area (Å²) in [6.45, 7) is 0. The second-order valence-corrected chi connectivity index (χ2v) is 6.85. The molecule has 130 valence electrons. The maximum atomic E-state index is 6.01. The second kappa shape index (κ2) is 9.27. The van der Waals surface area contributed by atoms with E-state index in [1.807, 2.05) is 90.3 Å². The molecule has 0 fully saturated rings. The third-order valence-electron chi connectivity index (χ3n) is 3.64. The molecule has 0 bridgehead atoms. The first-order chi connectivity index (χ1) is 12.7. The lowest BCUT2D eigenvalue weighted by Gasteiger charge is -2.04. The first kappa shape index (κ1) is 18.3. The molecule has 0 saturated carbocycles. The van der Waals surface area contributed by atoms with Crippen molar-refractivity contribution in [1.82, 2.24) is 0 Å². The van der Waals surface area contributed by atoms with E-state index in [-0.39, 0.29) is 0 Å². The number of halogens is 1. The average Bonchev–Trinajstić information content (AvgIpc) is 2.69. The fraction of sp³-hybridized carbons (Fsp3) is 0.0455. The van der Waals surface area contributed by atoms with E-state index >= 15 is 0 Å². The zero-order chi connectivity index (χ0) is 18.2. The van der Waals surface area contributed by atoms with Crippen LogP contribution in [0.4, 0.5) is 5.69 Å². The number of aliphatic imine (C=N–C) groups is 1. The summed E-state index contributed by atoms with van der Waals surface area (Å²) in [5.41, 5.74) is 2.82. The Balaban J connectivity index is 1.83. The molecule has 0 aliphatic heterocycles. The van der Waals surface area contributed by atoms with E-state index in [2.05, 4.69) is 0 Å². The van der Waals surface area contributed by atoms with Crippen molar-refractivity contribution in [2.75, 3.05) is 7.11 Å². The normalized spacial score (nSPS) is 11.7. The molecule has 4 heteroatoms. The maximum absolute atomic E-state index is 6.01. The molecule has 0 aromatic heterocycles. The van der Waals surface area contributed by atoms with Gasteiger partial charge in [0, 0.05) is 15.5 Å². The molecule has 26 heavy (non-hydrogen) atoms. The maximum Gasteiger partial charge on any atom is 0.118 e. The molecule has 0 aliphatic rings. The van der Waals surface area contributed by atoms with Crippen LogP contribution in [0.25, 0.3) is 0 Å². The summed E-state index contributed by atoms with van der Waals surface area (Å²) in [6.07, 6.45) is 2.02. The van der Waals surface area contributed by atoms with Gasteiger partial charge in [0.05, 0.1) is 18.5 Å². The molecule has 0 N–H and O–H groups in total. The van der Waals surface area contributed by atoms with Gasteiger partial charge in [-0.2, -0.15) is 0 Å². The van der Waals surface area contributed by atoms with E-state index in [1.165, 1.54) is 0 Å². The zero-order valence-corrected chi connectivity index (χ0v) is 15.9. The minimum atomic E-state index is 0.712. The quantitative estimate of drug-likeness (QED) is 0.348. The standard InChI is InChI=1S/C22H18ClNOS/c1-25-20-11-13-21(14-12-20)26-16-15-22(17-7-9-18(23)10-8-17)24-19-5-3-2-4-6-19/h2-16H,1H3/b16-15+,24-22?. The lowest BCUT2D eigenvalue weighted by molar-refractivity contribution is 0.414. The first-order valence-electron chi connectivity index (χ1n) is 8.11. The summed E-state index contributed by atoms with van der Waals surface area (Å²) in [6, 6.07) is 25.6. The average molecular weight is 380 g/mol. The Hall–Kier alpha value is -2.49. The summed E-state index contributed by atoms with van der Waals surface area (Å²) in [7, 11) is 1.67. The first-order valence-corrected chi connectivity index (χ1v) is 9.37. The molecule has 0 spiro atoms. The Morgan fingerprint density at radius 2 is 1.62 bits per heavy atom. The van der Waals surface area contributed by atoms with Crippen molar-refractivity contribution < 1.29 is 4.74 Å². The molecule has 3 aromatic carbocycles. The number of rotatable bonds is 6. The fourth-order valence-corrected chi connectivity index (χ4v) is 3.06. The molecular formula is C22H18ClNOS. The highest BCUT2D eigenvalue weighted by Crippen LogP contribution is 2.23. The van der Waals surface area contributed by atoms with Crippen LogP contribution in [0, 0.1) is 0 Å². The Kier molecular flexibility index (Phi) is 6.53. The van der Waals surface area contributed by atoms with Crippen LogP contribution in [0.15, 0.2) is 100 Å². The Labute approximate surface area is 163 Å². The van der Waals surface area contributed by atoms with Crippen LogP contribution >= 0.6 is 23.4 Å². The number of nitrogens with zero attached hydrogens (tertiary/aromatic N) is 1. The molecule has 0 radical (unpaired) electrons. The van der Waals surface area contributed by atoms with Crippen molar-refractivity contribution in [3.05, 3.63) is 101 Å². The summed E-state index contributed by atoms with van der Waals surface area (Å²) in [4.78, 5) is 5.91. The summed E-state index contributed by atoms with van der Waals surface area (Å²) >= 11 is 7.65. The summed E-state index contributed by atoms with van der Waals surface area (Å²) in [5, 5.41) is 2.75. The number of allylic oxidation sites excluding steroid dienone is 1. The SMILES string of the molecule is COc1ccc(S/C=C/C(=Nc2ccccc2)c2ccc(Cl)cc2)cc1. The molecule has 0 heterocycles. The van der Waals surface area contributed by atoms with Crippen molar-refractivity contribution in [3.8, 4) is 5.75 Å². The third-order valence-corrected chi connectivity index (χ3v) is 4.70. The van der Waals surface area contributed by atoms with Gasteiger partial charge in [0.2, 0.25) is 0 Å². The molecule has 0 unspecified atom stereocenters. The number of hydrogen-bond donors (Lipinski definition) is 0. The van der Waals surface area contributed by atoms with Crippen molar-refractivity contribution in [2.24, 2.45) is 4.99 Å². The highest BCUT2D eigenvalue weighted by atomic mass is 35.5. The minimum Gasteiger partial charge on any atom is -0.497 e. The van der Waals surface area contributed by atoms with E-state index in [4.69, 9.17) is 21.3 Å². The van der Waals surface area contributed by atoms with E-state index in [0.29, 0.717) is 5.02 Å². The van der Waals surface area contributed by atoms with Gasteiger partial charge in [0.25, 0.3) is 0 Å². The molecule has 0 atom stereocenters. The molecule has 3 rings (SSSR count). The monoisotopic (exact) mass is 379 g/mol. The molecule has 0 saturated heterocycles. The van der Waals surface area contributed by atoms with Gasteiger partial charge in [-0.3, -0.25) is 0 Å². The number of thioether (sulfide) groups is 1. The highest BCUT2D eigenvalue weighted by molar-refractivity contribution is 8.02. The van der Waals surface area contributed by atoms with Crippen LogP contribution < -0.4 is 4.74 Å². The van der Waals surface area contributed by atoms with Crippen LogP contribution in [-0.4, -0.2) is 12.8 Å². The second-order valence-electron chi connectivity index (χ2n) is 5.44. The van der Waals surface area contributed by atoms with Gasteiger partial charge in [-0.05, 0) is 60.0 Å². The van der Waals surface area contributed by atoms with Crippen LogP contribution in [0.3, 0.4) is 0 Å². The topological polar surface area (TPSA) is 21.6 Å². The highest BCUT2D eigenvalue weighted by Gasteiger charge is 2.01. The smallest absolute Gasteiger partial charge is 0.118 e. The van der Waals surface area contributed by atoms with E-state index in [0.717, 1.165) is 27.6 Å². The largest absolute Gasteiger partial charge is 0.497 e. The molecule has 2 nitrogen and oxygen atoms in total. The zero-order valence-electron chi connectivity index (χ0n) is 14.3. The number of benzene rings is 3. The van der Waals surface area contributed by atoms with Crippen LogP contribution in [0.5, 0.6) is 5.75 Å². The van der Waals surface area contributed by atoms with Gasteiger partial charge in [-0.1, -0.05) is 53.7 Å². The van der Waals surface area contributed by atoms with E-state index in [1.54, 1.807) is 18.9 Å². The lowest BCUT2D eigenvalue weighted by Crippen LogP contribution is -1.95. The Morgan fingerprint density at radius 1 is 0.923 bits per heavy atom. The third kappa shape index (κ3) is 5.25. The van der Waals surface area contributed by atoms with Crippen molar-refractivity contribution in [2.45, 2.75) is 4.90 Å². The predicted molar refractivity (Wildman–Crippen MR) is 112 cm³/mol. The Morgan fingerprint density at radius 3 is 2.27 bits per heavy atom. The van der Waals surface area contributed by atoms with Crippen LogP contribution in [-0.2, 0) is 0 Å². The minimum absolute atomic E-state index is 0.712. The fourth-order valence-electron chi connectivity index (χ4n) is 2.29. The Bertz CT molecular complexity index is 888. The lowest BCUT2D eigenvalue weighted by atomic mass is 10.1. The van der Waals surface area contributed by atoms with Crippen molar-refractivity contribution >= 4 is 34.8 Å². The number of hydrogen-bond acceptors (Lipinski definition) is 3. The number of ether oxygens (including phenoxy) is 1. The van der Waals surface area contributed by atoms with Crippen LogP contribution in [0.2, 0.25) is 5.02 Å². The number of methoxy groups -OCH3 is 1. The summed E-state index contributed by atoms with van der Waals surface area (Å²) < 4.78 is 5.19. The van der Waals surface area contributed by atoms with Crippen molar-refractivity contribution in [3.63, 3.8) is 0 Å². The van der Waals surface area contributed by atoms with Gasteiger partial charge in [-0.25, -0.2) is 4.99 Å². The molecule has 0 amide bonds. The molecular weight excluding hydrogens is 362 g/mol. The predicted octanol–water partition coefficient (Wildman–Crippen LogP) is 6.78. The summed E-state index contributed by atoms with van der Waals surface area (Å²) in [5.74, 6) is 0.853. The van der Waals surface area contributed by atoms with Gasteiger partial charge in [0.1, 0.15) is 5.75 Å². The van der Waals surface area contributed by atoms with Gasteiger partial charge in [0.15, 0.2) is 0 Å². The van der Waals surface area contributed by atoms with Gasteiger partial charge >= 0.3 is 0 Å².